The van der Waals surface area contributed by atoms with Crippen LogP contribution in [0.3, 0.4) is 0 Å². The first-order chi connectivity index (χ1) is 8.63. The van der Waals surface area contributed by atoms with Gasteiger partial charge < -0.3 is 10.8 Å². The minimum atomic E-state index is -0.392. The fourth-order valence-corrected chi connectivity index (χ4v) is 2.38. The van der Waals surface area contributed by atoms with Crippen LogP contribution in [0.5, 0.6) is 0 Å². The number of aliphatic hydroxyl groups is 1. The standard InChI is InChI=1S/C16H21NO/c1-11(2)16(18)15(10-17)14-8-7-12-5-3-4-6-13(12)9-14/h3-9,11,15-16,18H,10,17H2,1-2H3. The monoisotopic (exact) mass is 243 g/mol. The summed E-state index contributed by atoms with van der Waals surface area (Å²) >= 11 is 0. The van der Waals surface area contributed by atoms with Gasteiger partial charge in [-0.2, -0.15) is 0 Å². The molecule has 0 heterocycles. The summed E-state index contributed by atoms with van der Waals surface area (Å²) in [4.78, 5) is 0. The number of hydrogen-bond acceptors (Lipinski definition) is 2. The van der Waals surface area contributed by atoms with E-state index in [1.165, 1.54) is 10.8 Å². The fourth-order valence-electron chi connectivity index (χ4n) is 2.38. The largest absolute Gasteiger partial charge is 0.392 e. The molecule has 2 heteroatoms. The molecule has 0 fully saturated rings. The number of nitrogens with two attached hydrogens (primary N) is 1. The van der Waals surface area contributed by atoms with E-state index in [4.69, 9.17) is 5.73 Å². The second-order valence-corrected chi connectivity index (χ2v) is 5.18. The van der Waals surface area contributed by atoms with Gasteiger partial charge in [0.25, 0.3) is 0 Å². The Balaban J connectivity index is 2.39. The van der Waals surface area contributed by atoms with Crippen LogP contribution in [0.25, 0.3) is 10.8 Å². The molecule has 0 amide bonds. The minimum absolute atomic E-state index is 0.00889. The number of hydrogen-bond donors (Lipinski definition) is 2. The van der Waals surface area contributed by atoms with Crippen molar-refractivity contribution in [1.82, 2.24) is 0 Å². The summed E-state index contributed by atoms with van der Waals surface area (Å²) in [6.07, 6.45) is -0.392. The first-order valence-corrected chi connectivity index (χ1v) is 6.50. The Morgan fingerprint density at radius 2 is 1.72 bits per heavy atom. The highest BCUT2D eigenvalue weighted by Gasteiger charge is 2.22. The molecule has 2 aromatic rings. The number of benzene rings is 2. The first kappa shape index (κ1) is 13.1. The van der Waals surface area contributed by atoms with E-state index in [-0.39, 0.29) is 11.8 Å². The maximum absolute atomic E-state index is 10.2. The van der Waals surface area contributed by atoms with Gasteiger partial charge in [-0.3, -0.25) is 0 Å². The van der Waals surface area contributed by atoms with E-state index in [0.29, 0.717) is 6.54 Å². The summed E-state index contributed by atoms with van der Waals surface area (Å²) < 4.78 is 0. The summed E-state index contributed by atoms with van der Waals surface area (Å²) in [6, 6.07) is 14.6. The highest BCUT2D eigenvalue weighted by Crippen LogP contribution is 2.26. The molecule has 2 unspecified atom stereocenters. The molecular weight excluding hydrogens is 222 g/mol. The number of fused-ring (bicyclic) bond motifs is 1. The predicted molar refractivity (Wildman–Crippen MR) is 76.6 cm³/mol. The molecule has 2 atom stereocenters. The summed E-state index contributed by atoms with van der Waals surface area (Å²) in [5, 5.41) is 12.6. The molecule has 3 N–H and O–H groups in total. The third-order valence-corrected chi connectivity index (χ3v) is 3.55. The van der Waals surface area contributed by atoms with Crippen LogP contribution in [-0.4, -0.2) is 17.8 Å². The number of rotatable bonds is 4. The van der Waals surface area contributed by atoms with Crippen LogP contribution in [0.2, 0.25) is 0 Å². The summed E-state index contributed by atoms with van der Waals surface area (Å²) in [5.41, 5.74) is 6.95. The lowest BCUT2D eigenvalue weighted by molar-refractivity contribution is 0.0986. The summed E-state index contributed by atoms with van der Waals surface area (Å²) in [5.74, 6) is 0.222. The zero-order chi connectivity index (χ0) is 13.1. The SMILES string of the molecule is CC(C)C(O)C(CN)c1ccc2ccccc2c1. The molecule has 96 valence electrons. The Morgan fingerprint density at radius 1 is 1.06 bits per heavy atom. The van der Waals surface area contributed by atoms with Crippen molar-refractivity contribution in [2.45, 2.75) is 25.9 Å². The van der Waals surface area contributed by atoms with E-state index in [1.807, 2.05) is 26.0 Å². The molecule has 18 heavy (non-hydrogen) atoms. The molecule has 0 aliphatic heterocycles. The van der Waals surface area contributed by atoms with E-state index in [1.54, 1.807) is 0 Å². The zero-order valence-electron chi connectivity index (χ0n) is 11.0. The Hall–Kier alpha value is -1.38. The van der Waals surface area contributed by atoms with Crippen LogP contribution in [0.15, 0.2) is 42.5 Å². The van der Waals surface area contributed by atoms with Crippen LogP contribution in [0.4, 0.5) is 0 Å². The van der Waals surface area contributed by atoms with Gasteiger partial charge in [-0.15, -0.1) is 0 Å². The van der Waals surface area contributed by atoms with Crippen molar-refractivity contribution in [2.24, 2.45) is 11.7 Å². The molecular formula is C16H21NO. The van der Waals surface area contributed by atoms with Crippen molar-refractivity contribution in [1.29, 1.82) is 0 Å². The molecule has 0 radical (unpaired) electrons. The average Bonchev–Trinajstić information content (AvgIpc) is 2.39. The van der Waals surface area contributed by atoms with Crippen molar-refractivity contribution in [3.8, 4) is 0 Å². The Kier molecular flexibility index (Phi) is 4.00. The molecule has 2 aromatic carbocycles. The lowest BCUT2D eigenvalue weighted by Crippen LogP contribution is -2.29. The smallest absolute Gasteiger partial charge is 0.0643 e. The predicted octanol–water partition coefficient (Wildman–Crippen LogP) is 2.90. The molecule has 0 aromatic heterocycles. The van der Waals surface area contributed by atoms with Crippen LogP contribution in [0, 0.1) is 5.92 Å². The van der Waals surface area contributed by atoms with Crippen LogP contribution in [0.1, 0.15) is 25.3 Å². The van der Waals surface area contributed by atoms with E-state index in [0.717, 1.165) is 5.56 Å². The van der Waals surface area contributed by atoms with Gasteiger partial charge in [0, 0.05) is 12.5 Å². The molecule has 0 bridgehead atoms. The van der Waals surface area contributed by atoms with Crippen molar-refractivity contribution >= 4 is 10.8 Å². The average molecular weight is 243 g/mol. The van der Waals surface area contributed by atoms with E-state index in [2.05, 4.69) is 30.3 Å². The lowest BCUT2D eigenvalue weighted by atomic mass is 9.86. The fraction of sp³-hybridized carbons (Fsp3) is 0.375. The quantitative estimate of drug-likeness (QED) is 0.867. The van der Waals surface area contributed by atoms with Crippen LogP contribution < -0.4 is 5.73 Å². The molecule has 2 rings (SSSR count). The molecule has 0 saturated carbocycles. The van der Waals surface area contributed by atoms with Gasteiger partial charge in [0.05, 0.1) is 6.10 Å². The molecule has 2 nitrogen and oxygen atoms in total. The first-order valence-electron chi connectivity index (χ1n) is 6.50. The molecule has 0 aliphatic carbocycles. The molecule has 0 aliphatic rings. The van der Waals surface area contributed by atoms with Crippen LogP contribution >= 0.6 is 0 Å². The van der Waals surface area contributed by atoms with Crippen molar-refractivity contribution in [3.05, 3.63) is 48.0 Å². The van der Waals surface area contributed by atoms with Gasteiger partial charge in [0.2, 0.25) is 0 Å². The van der Waals surface area contributed by atoms with Crippen LogP contribution in [-0.2, 0) is 0 Å². The van der Waals surface area contributed by atoms with Gasteiger partial charge in [0.15, 0.2) is 0 Å². The second kappa shape index (κ2) is 5.51. The lowest BCUT2D eigenvalue weighted by Gasteiger charge is -2.25. The van der Waals surface area contributed by atoms with E-state index >= 15 is 0 Å². The van der Waals surface area contributed by atoms with Gasteiger partial charge in [-0.25, -0.2) is 0 Å². The number of aliphatic hydroxyl groups excluding tert-OH is 1. The highest BCUT2D eigenvalue weighted by molar-refractivity contribution is 5.83. The third-order valence-electron chi connectivity index (χ3n) is 3.55. The second-order valence-electron chi connectivity index (χ2n) is 5.18. The maximum Gasteiger partial charge on any atom is 0.0643 e. The van der Waals surface area contributed by atoms with Gasteiger partial charge >= 0.3 is 0 Å². The summed E-state index contributed by atoms with van der Waals surface area (Å²) in [6.45, 7) is 4.51. The minimum Gasteiger partial charge on any atom is -0.392 e. The van der Waals surface area contributed by atoms with Crippen molar-refractivity contribution < 1.29 is 5.11 Å². The van der Waals surface area contributed by atoms with Crippen molar-refractivity contribution in [3.63, 3.8) is 0 Å². The highest BCUT2D eigenvalue weighted by atomic mass is 16.3. The van der Waals surface area contributed by atoms with Gasteiger partial charge in [0.1, 0.15) is 0 Å². The van der Waals surface area contributed by atoms with E-state index < -0.39 is 6.10 Å². The van der Waals surface area contributed by atoms with Crippen molar-refractivity contribution in [2.75, 3.05) is 6.54 Å². The summed E-state index contributed by atoms with van der Waals surface area (Å²) in [7, 11) is 0. The third kappa shape index (κ3) is 2.55. The normalized spacial score (nSPS) is 14.9. The van der Waals surface area contributed by atoms with Gasteiger partial charge in [-0.05, 0) is 22.3 Å². The maximum atomic E-state index is 10.2. The molecule has 0 saturated heterocycles. The van der Waals surface area contributed by atoms with E-state index in [9.17, 15) is 5.11 Å². The topological polar surface area (TPSA) is 46.2 Å². The molecule has 0 spiro atoms. The van der Waals surface area contributed by atoms with Gasteiger partial charge in [-0.1, -0.05) is 56.3 Å². The zero-order valence-corrected chi connectivity index (χ0v) is 11.0. The Bertz CT molecular complexity index is 521. The Morgan fingerprint density at radius 3 is 2.33 bits per heavy atom. The Labute approximate surface area is 108 Å².